The zero-order valence-corrected chi connectivity index (χ0v) is 45.4. The molecule has 0 fully saturated rings. The summed E-state index contributed by atoms with van der Waals surface area (Å²) >= 11 is 0. The summed E-state index contributed by atoms with van der Waals surface area (Å²) in [4.78, 5) is 0. The highest BCUT2D eigenvalue weighted by molar-refractivity contribution is 5.78. The van der Waals surface area contributed by atoms with E-state index in [0.29, 0.717) is 0 Å². The fourth-order valence-corrected chi connectivity index (χ4v) is 9.91. The summed E-state index contributed by atoms with van der Waals surface area (Å²) < 4.78 is 0. The first-order valence-electron chi connectivity index (χ1n) is 26.2. The molecule has 364 valence electrons. The molecule has 0 bridgehead atoms. The van der Waals surface area contributed by atoms with Gasteiger partial charge in [0.1, 0.15) is 0 Å². The molecule has 0 radical (unpaired) electrons. The zero-order chi connectivity index (χ0) is 51.1. The van der Waals surface area contributed by atoms with Crippen LogP contribution < -0.4 is 0 Å². The molecule has 0 N–H and O–H groups in total. The summed E-state index contributed by atoms with van der Waals surface area (Å²) in [5.74, 6) is 0. The van der Waals surface area contributed by atoms with Crippen LogP contribution in [0.25, 0.3) is 11.1 Å². The van der Waals surface area contributed by atoms with E-state index in [0.717, 1.165) is 38.5 Å². The quantitative estimate of drug-likeness (QED) is 0.128. The van der Waals surface area contributed by atoms with E-state index >= 15 is 0 Å². The first kappa shape index (κ1) is 51.3. The van der Waals surface area contributed by atoms with Crippen LogP contribution in [0.3, 0.4) is 0 Å². The van der Waals surface area contributed by atoms with Crippen molar-refractivity contribution in [3.8, 4) is 11.1 Å². The largest absolute Gasteiger partial charge is 0.0588 e. The smallest absolute Gasteiger partial charge is 0.00132 e. The van der Waals surface area contributed by atoms with E-state index in [-0.39, 0.29) is 0 Å². The molecule has 0 saturated heterocycles. The van der Waals surface area contributed by atoms with Crippen molar-refractivity contribution in [1.82, 2.24) is 0 Å². The van der Waals surface area contributed by atoms with Crippen molar-refractivity contribution in [1.29, 1.82) is 0 Å². The summed E-state index contributed by atoms with van der Waals surface area (Å²) in [6, 6.07) is 63.8. The predicted octanol–water partition coefficient (Wildman–Crippen LogP) is 18.3. The van der Waals surface area contributed by atoms with E-state index in [9.17, 15) is 0 Å². The second-order valence-electron chi connectivity index (χ2n) is 21.4. The molecule has 9 aromatic carbocycles. The van der Waals surface area contributed by atoms with E-state index in [1.807, 2.05) is 0 Å². The van der Waals surface area contributed by atoms with Crippen LogP contribution in [0.2, 0.25) is 0 Å². The van der Waals surface area contributed by atoms with Gasteiger partial charge >= 0.3 is 0 Å². The molecule has 0 aliphatic heterocycles. The van der Waals surface area contributed by atoms with E-state index < -0.39 is 0 Å². The summed E-state index contributed by atoms with van der Waals surface area (Å²) in [6.45, 7) is 26.2. The van der Waals surface area contributed by atoms with Crippen LogP contribution in [0.15, 0.2) is 170 Å². The Hall–Kier alpha value is -7.02. The Labute approximate surface area is 433 Å². The van der Waals surface area contributed by atoms with Gasteiger partial charge in [-0.1, -0.05) is 170 Å². The highest BCUT2D eigenvalue weighted by Gasteiger charge is 2.20. The molecule has 72 heavy (non-hydrogen) atoms. The van der Waals surface area contributed by atoms with Crippen LogP contribution in [0, 0.1) is 83.1 Å². The van der Waals surface area contributed by atoms with Crippen LogP contribution in [-0.2, 0) is 38.5 Å². The SMILES string of the molecule is Cc1cc2c(cc1C)-c1cc(C)c(C)cc1C2.Cc1ccc(Cc2ccc(Cc3ccc(C)c(C)c3)cc2)cc1C.Cc1ccc(Cc2ccc(Cc3ccc(Cc4ccc(C)c(C)c4)cc3)cc2)cc1C. The summed E-state index contributed by atoms with van der Waals surface area (Å²) in [5.41, 5.74) is 36.2. The lowest BCUT2D eigenvalue weighted by Crippen LogP contribution is -1.94. The van der Waals surface area contributed by atoms with Gasteiger partial charge in [0.25, 0.3) is 0 Å². The number of benzene rings is 9. The lowest BCUT2D eigenvalue weighted by Gasteiger charge is -2.08. The molecule has 0 saturated carbocycles. The van der Waals surface area contributed by atoms with E-state index in [1.165, 1.54) is 145 Å². The van der Waals surface area contributed by atoms with Crippen molar-refractivity contribution in [2.75, 3.05) is 0 Å². The third-order valence-electron chi connectivity index (χ3n) is 15.5. The number of rotatable bonds is 10. The first-order chi connectivity index (χ1) is 34.5. The number of aryl methyl sites for hydroxylation is 12. The van der Waals surface area contributed by atoms with Crippen molar-refractivity contribution in [2.24, 2.45) is 0 Å². The average Bonchev–Trinajstić information content (AvgIpc) is 3.68. The van der Waals surface area contributed by atoms with Gasteiger partial charge in [-0.2, -0.15) is 0 Å². The lowest BCUT2D eigenvalue weighted by molar-refractivity contribution is 1.13. The molecule has 1 aliphatic carbocycles. The Kier molecular flexibility index (Phi) is 16.4. The number of fused-ring (bicyclic) bond motifs is 3. The molecule has 9 aromatic rings. The van der Waals surface area contributed by atoms with Crippen LogP contribution in [-0.4, -0.2) is 0 Å². The zero-order valence-electron chi connectivity index (χ0n) is 45.4. The average molecular weight is 941 g/mol. The fraction of sp³-hybridized carbons (Fsp3) is 0.250. The molecule has 0 heterocycles. The molecule has 0 unspecified atom stereocenters. The number of hydrogen-bond acceptors (Lipinski definition) is 0. The van der Waals surface area contributed by atoms with E-state index in [2.05, 4.69) is 253 Å². The summed E-state index contributed by atoms with van der Waals surface area (Å²) in [6.07, 6.45) is 6.08. The molecular formula is C72H76. The second-order valence-corrected chi connectivity index (χ2v) is 21.4. The molecule has 0 heteroatoms. The van der Waals surface area contributed by atoms with Crippen molar-refractivity contribution < 1.29 is 0 Å². The fourth-order valence-electron chi connectivity index (χ4n) is 9.91. The molecule has 0 aromatic heterocycles. The topological polar surface area (TPSA) is 0 Å². The van der Waals surface area contributed by atoms with E-state index in [4.69, 9.17) is 0 Å². The number of hydrogen-bond donors (Lipinski definition) is 0. The van der Waals surface area contributed by atoms with Crippen molar-refractivity contribution in [2.45, 2.75) is 122 Å². The minimum atomic E-state index is 0.980. The molecule has 1 aliphatic rings. The Morgan fingerprint density at radius 2 is 0.375 bits per heavy atom. The van der Waals surface area contributed by atoms with Gasteiger partial charge in [-0.05, 0) is 266 Å². The second kappa shape index (κ2) is 23.0. The van der Waals surface area contributed by atoms with Gasteiger partial charge in [0.2, 0.25) is 0 Å². The third kappa shape index (κ3) is 13.3. The predicted molar refractivity (Wildman–Crippen MR) is 311 cm³/mol. The molecule has 0 spiro atoms. The van der Waals surface area contributed by atoms with Crippen molar-refractivity contribution in [3.63, 3.8) is 0 Å². The van der Waals surface area contributed by atoms with Crippen LogP contribution in [0.1, 0.15) is 134 Å². The first-order valence-corrected chi connectivity index (χ1v) is 26.2. The Bertz CT molecular complexity index is 3100. The van der Waals surface area contributed by atoms with Gasteiger partial charge in [0, 0.05) is 0 Å². The minimum absolute atomic E-state index is 0.980. The van der Waals surface area contributed by atoms with Gasteiger partial charge < -0.3 is 0 Å². The molecular weight excluding hydrogens is 865 g/mol. The van der Waals surface area contributed by atoms with Crippen molar-refractivity contribution in [3.05, 3.63) is 303 Å². The van der Waals surface area contributed by atoms with Crippen LogP contribution in [0.5, 0.6) is 0 Å². The third-order valence-corrected chi connectivity index (χ3v) is 15.5. The summed E-state index contributed by atoms with van der Waals surface area (Å²) in [7, 11) is 0. The molecule has 0 atom stereocenters. The van der Waals surface area contributed by atoms with Crippen LogP contribution >= 0.6 is 0 Å². The highest BCUT2D eigenvalue weighted by Crippen LogP contribution is 2.39. The standard InChI is InChI=1S/C31H32.C24H26.C17H18/c1-22-5-7-30(17-24(22)3)20-28-13-9-26(10-14-28)19-27-11-15-29(16-12-27)21-31-8-6-23(2)25(4)18-31;1-17-5-7-23(13-19(17)3)15-21-9-11-22(12-10-21)16-24-8-6-18(2)20(4)14-24;1-10-5-14-9-15-6-11(2)13(4)8-17(15)16(14)7-12(10)3/h5-18H,19-21H2,1-4H3;5-14H,15-16H2,1-4H3;5-8H,9H2,1-4H3. The van der Waals surface area contributed by atoms with E-state index in [1.54, 1.807) is 0 Å². The normalized spacial score (nSPS) is 11.3. The van der Waals surface area contributed by atoms with Crippen LogP contribution in [0.4, 0.5) is 0 Å². The Balaban J connectivity index is 0.000000151. The van der Waals surface area contributed by atoms with Gasteiger partial charge in [-0.3, -0.25) is 0 Å². The maximum Gasteiger partial charge on any atom is -0.00132 e. The summed E-state index contributed by atoms with van der Waals surface area (Å²) in [5, 5.41) is 0. The van der Waals surface area contributed by atoms with Crippen molar-refractivity contribution >= 4 is 0 Å². The van der Waals surface area contributed by atoms with Gasteiger partial charge in [-0.25, -0.2) is 0 Å². The molecule has 0 nitrogen and oxygen atoms in total. The minimum Gasteiger partial charge on any atom is -0.0588 e. The van der Waals surface area contributed by atoms with Gasteiger partial charge in [-0.15, -0.1) is 0 Å². The Morgan fingerprint density at radius 1 is 0.194 bits per heavy atom. The van der Waals surface area contributed by atoms with Gasteiger partial charge in [0.15, 0.2) is 0 Å². The maximum atomic E-state index is 2.36. The molecule has 0 amide bonds. The highest BCUT2D eigenvalue weighted by atomic mass is 14.2. The maximum absolute atomic E-state index is 2.36. The molecule has 10 rings (SSSR count). The van der Waals surface area contributed by atoms with Gasteiger partial charge in [0.05, 0.1) is 0 Å². The monoisotopic (exact) mass is 941 g/mol. The Morgan fingerprint density at radius 3 is 0.597 bits per heavy atom. The lowest BCUT2D eigenvalue weighted by atomic mass is 9.97.